The predicted octanol–water partition coefficient (Wildman–Crippen LogP) is 3.93. The first-order valence-corrected chi connectivity index (χ1v) is 9.19. The predicted molar refractivity (Wildman–Crippen MR) is 93.6 cm³/mol. The van der Waals surface area contributed by atoms with Gasteiger partial charge in [0, 0.05) is 39.6 Å². The Morgan fingerprint density at radius 3 is 2.17 bits per heavy atom. The Morgan fingerprint density at radius 2 is 1.61 bits per heavy atom. The first kappa shape index (κ1) is 17.6. The molecule has 0 aliphatic carbocycles. The van der Waals surface area contributed by atoms with Gasteiger partial charge in [-0.3, -0.25) is 13.8 Å². The summed E-state index contributed by atoms with van der Waals surface area (Å²) in [5, 5.41) is -0.109. The molecule has 0 heterocycles. The van der Waals surface area contributed by atoms with E-state index in [4.69, 9.17) is 11.6 Å². The molecule has 0 amide bonds. The van der Waals surface area contributed by atoms with Crippen LogP contribution in [0.15, 0.2) is 54.6 Å². The molecule has 5 heteroatoms. The van der Waals surface area contributed by atoms with Gasteiger partial charge in [-0.15, -0.1) is 0 Å². The quantitative estimate of drug-likeness (QED) is 0.712. The van der Waals surface area contributed by atoms with Crippen LogP contribution in [0.4, 0.5) is 0 Å². The Morgan fingerprint density at radius 1 is 1.00 bits per heavy atom. The maximum absolute atomic E-state index is 12.5. The molecule has 2 unspecified atom stereocenters. The van der Waals surface area contributed by atoms with Crippen LogP contribution >= 0.6 is 11.6 Å². The Labute approximate surface area is 143 Å². The number of halogens is 1. The molecule has 0 aromatic heterocycles. The van der Waals surface area contributed by atoms with Gasteiger partial charge in [0.25, 0.3) is 0 Å². The van der Waals surface area contributed by atoms with Gasteiger partial charge in [0.2, 0.25) is 0 Å². The fourth-order valence-corrected chi connectivity index (χ4v) is 3.29. The minimum Gasteiger partial charge on any atom is -0.294 e. The average molecular weight is 349 g/mol. The minimum absolute atomic E-state index is 0.0852. The summed E-state index contributed by atoms with van der Waals surface area (Å²) in [7, 11) is -1.33. The van der Waals surface area contributed by atoms with Gasteiger partial charge in [0.15, 0.2) is 11.6 Å². The monoisotopic (exact) mass is 348 g/mol. The van der Waals surface area contributed by atoms with Gasteiger partial charge in [0.1, 0.15) is 0 Å². The van der Waals surface area contributed by atoms with Gasteiger partial charge in [-0.25, -0.2) is 0 Å². The molecule has 3 nitrogen and oxygen atoms in total. The van der Waals surface area contributed by atoms with Crippen LogP contribution in [0, 0.1) is 0 Å². The van der Waals surface area contributed by atoms with Gasteiger partial charge in [-0.1, -0.05) is 41.9 Å². The van der Waals surface area contributed by atoms with E-state index in [9.17, 15) is 13.8 Å². The smallest absolute Gasteiger partial charge is 0.178 e. The Balaban J connectivity index is 2.05. The molecule has 2 aromatic rings. The van der Waals surface area contributed by atoms with Crippen molar-refractivity contribution >= 4 is 34.0 Å². The summed E-state index contributed by atoms with van der Waals surface area (Å²) in [5.74, 6) is -0.270. The van der Waals surface area contributed by atoms with Gasteiger partial charge < -0.3 is 0 Å². The summed E-state index contributed by atoms with van der Waals surface area (Å²) in [5.41, 5.74) is 1.06. The van der Waals surface area contributed by atoms with E-state index >= 15 is 0 Å². The fraction of sp³-hybridized carbons (Fsp3) is 0.222. The van der Waals surface area contributed by atoms with Crippen LogP contribution in [-0.4, -0.2) is 27.3 Å². The molecule has 2 atom stereocenters. The number of rotatable bonds is 7. The third kappa shape index (κ3) is 4.85. The first-order chi connectivity index (χ1) is 11.0. The molecule has 0 aliphatic heterocycles. The van der Waals surface area contributed by atoms with Crippen LogP contribution in [0.3, 0.4) is 0 Å². The molecule has 0 saturated carbocycles. The second-order valence-corrected chi connectivity index (χ2v) is 7.19. The number of Topliss-reactive ketones (excluding diaryl/α,β-unsaturated/α-hetero) is 2. The number of carbonyl (C=O) groups excluding carboxylic acids is 2. The highest BCUT2D eigenvalue weighted by Crippen LogP contribution is 2.16. The van der Waals surface area contributed by atoms with Gasteiger partial charge in [-0.2, -0.15) is 0 Å². The van der Waals surface area contributed by atoms with Crippen LogP contribution in [-0.2, 0) is 10.8 Å². The molecule has 0 spiro atoms. The van der Waals surface area contributed by atoms with Gasteiger partial charge in [-0.05, 0) is 30.7 Å². The number of benzene rings is 2. The zero-order chi connectivity index (χ0) is 16.8. The van der Waals surface area contributed by atoms with Crippen molar-refractivity contribution in [1.82, 2.24) is 0 Å². The SMILES string of the molecule is CS(=O)C(CCC(=O)c1ccc(Cl)cc1)C(=O)c1ccccc1. The van der Waals surface area contributed by atoms with E-state index in [2.05, 4.69) is 0 Å². The van der Waals surface area contributed by atoms with Crippen molar-refractivity contribution in [3.8, 4) is 0 Å². The van der Waals surface area contributed by atoms with E-state index in [1.807, 2.05) is 6.07 Å². The Kier molecular flexibility index (Phi) is 6.25. The van der Waals surface area contributed by atoms with Gasteiger partial charge in [0.05, 0.1) is 5.25 Å². The molecule has 0 fully saturated rings. The summed E-state index contributed by atoms with van der Waals surface area (Å²) in [6.07, 6.45) is 1.93. The minimum atomic E-state index is -1.33. The van der Waals surface area contributed by atoms with Crippen molar-refractivity contribution in [3.63, 3.8) is 0 Å². The van der Waals surface area contributed by atoms with E-state index in [0.29, 0.717) is 16.1 Å². The number of hydrogen-bond acceptors (Lipinski definition) is 3. The third-order valence-electron chi connectivity index (χ3n) is 3.55. The lowest BCUT2D eigenvalue weighted by molar-refractivity contribution is 0.0961. The summed E-state index contributed by atoms with van der Waals surface area (Å²) < 4.78 is 11.9. The summed E-state index contributed by atoms with van der Waals surface area (Å²) in [6.45, 7) is 0. The second kappa shape index (κ2) is 8.18. The highest BCUT2D eigenvalue weighted by Gasteiger charge is 2.24. The molecule has 0 bridgehead atoms. The molecule has 0 saturated heterocycles. The van der Waals surface area contributed by atoms with Crippen LogP contribution < -0.4 is 0 Å². The standard InChI is InChI=1S/C18H17ClO3S/c1-23(22)17(18(21)14-5-3-2-4-6-14)12-11-16(20)13-7-9-15(19)10-8-13/h2-10,17H,11-12H2,1H3. The molecule has 0 N–H and O–H groups in total. The summed E-state index contributed by atoms with van der Waals surface area (Å²) in [6, 6.07) is 15.4. The van der Waals surface area contributed by atoms with E-state index in [-0.39, 0.29) is 24.4 Å². The Hall–Kier alpha value is -1.78. The molecular weight excluding hydrogens is 332 g/mol. The van der Waals surface area contributed by atoms with Crippen molar-refractivity contribution < 1.29 is 13.8 Å². The molecule has 0 radical (unpaired) electrons. The van der Waals surface area contributed by atoms with E-state index in [1.54, 1.807) is 48.5 Å². The van der Waals surface area contributed by atoms with Crippen molar-refractivity contribution in [2.24, 2.45) is 0 Å². The maximum atomic E-state index is 12.5. The third-order valence-corrected chi connectivity index (χ3v) is 5.05. The number of hydrogen-bond donors (Lipinski definition) is 0. The highest BCUT2D eigenvalue weighted by molar-refractivity contribution is 7.85. The lowest BCUT2D eigenvalue weighted by Gasteiger charge is -2.13. The normalized spacial score (nSPS) is 13.3. The average Bonchev–Trinajstić information content (AvgIpc) is 2.55. The molecule has 2 rings (SSSR count). The topological polar surface area (TPSA) is 51.2 Å². The molecular formula is C18H17ClO3S. The van der Waals surface area contributed by atoms with Crippen LogP contribution in [0.25, 0.3) is 0 Å². The second-order valence-electron chi connectivity index (χ2n) is 5.19. The molecule has 0 aliphatic rings. The molecule has 120 valence electrons. The molecule has 2 aromatic carbocycles. The number of carbonyl (C=O) groups is 2. The zero-order valence-electron chi connectivity index (χ0n) is 12.7. The maximum Gasteiger partial charge on any atom is 0.178 e. The lowest BCUT2D eigenvalue weighted by atomic mass is 10.0. The highest BCUT2D eigenvalue weighted by atomic mass is 35.5. The van der Waals surface area contributed by atoms with Crippen molar-refractivity contribution in [1.29, 1.82) is 0 Å². The van der Waals surface area contributed by atoms with Crippen LogP contribution in [0.5, 0.6) is 0 Å². The van der Waals surface area contributed by atoms with Crippen molar-refractivity contribution in [2.75, 3.05) is 6.26 Å². The largest absolute Gasteiger partial charge is 0.294 e. The lowest BCUT2D eigenvalue weighted by Crippen LogP contribution is -2.26. The van der Waals surface area contributed by atoms with Crippen molar-refractivity contribution in [3.05, 3.63) is 70.7 Å². The first-order valence-electron chi connectivity index (χ1n) is 7.19. The summed E-state index contributed by atoms with van der Waals surface area (Å²) in [4.78, 5) is 24.6. The molecule has 23 heavy (non-hydrogen) atoms. The van der Waals surface area contributed by atoms with Crippen LogP contribution in [0.1, 0.15) is 33.6 Å². The van der Waals surface area contributed by atoms with Crippen LogP contribution in [0.2, 0.25) is 5.02 Å². The van der Waals surface area contributed by atoms with Crippen molar-refractivity contribution in [2.45, 2.75) is 18.1 Å². The zero-order valence-corrected chi connectivity index (χ0v) is 14.3. The number of ketones is 2. The van der Waals surface area contributed by atoms with E-state index in [0.717, 1.165) is 0 Å². The van der Waals surface area contributed by atoms with E-state index < -0.39 is 16.0 Å². The van der Waals surface area contributed by atoms with E-state index in [1.165, 1.54) is 6.26 Å². The fourth-order valence-electron chi connectivity index (χ4n) is 2.28. The van der Waals surface area contributed by atoms with Gasteiger partial charge >= 0.3 is 0 Å². The Bertz CT molecular complexity index is 711. The summed E-state index contributed by atoms with van der Waals surface area (Å²) >= 11 is 5.80.